The molecule has 2 atom stereocenters. The number of hydrogen-bond acceptors (Lipinski definition) is 2. The van der Waals surface area contributed by atoms with E-state index in [-0.39, 0.29) is 5.92 Å². The van der Waals surface area contributed by atoms with Gasteiger partial charge in [-0.25, -0.2) is 0 Å². The van der Waals surface area contributed by atoms with Crippen molar-refractivity contribution in [2.24, 2.45) is 5.92 Å². The largest absolute Gasteiger partial charge is 0.458 e. The molecule has 0 saturated heterocycles. The normalized spacial score (nSPS) is 28.7. The second-order valence-corrected chi connectivity index (χ2v) is 5.72. The molecule has 1 N–H and O–H groups in total. The summed E-state index contributed by atoms with van der Waals surface area (Å²) < 4.78 is 5.89. The van der Waals surface area contributed by atoms with Gasteiger partial charge in [0, 0.05) is 5.39 Å². The van der Waals surface area contributed by atoms with Gasteiger partial charge >= 0.3 is 0 Å². The summed E-state index contributed by atoms with van der Waals surface area (Å²) in [7, 11) is 0. The molecule has 18 heavy (non-hydrogen) atoms. The van der Waals surface area contributed by atoms with Gasteiger partial charge in [-0.05, 0) is 43.9 Å². The molecule has 2 nitrogen and oxygen atoms in total. The fourth-order valence-electron chi connectivity index (χ4n) is 3.07. The van der Waals surface area contributed by atoms with E-state index in [1.165, 1.54) is 12.0 Å². The van der Waals surface area contributed by atoms with Crippen LogP contribution in [0.15, 0.2) is 28.7 Å². The zero-order chi connectivity index (χ0) is 12.8. The van der Waals surface area contributed by atoms with Gasteiger partial charge in [0.15, 0.2) is 0 Å². The Balaban J connectivity index is 2.07. The zero-order valence-corrected chi connectivity index (χ0v) is 11.1. The molecule has 1 saturated carbocycles. The molecule has 1 aromatic carbocycles. The molecule has 1 aromatic heterocycles. The molecule has 1 heterocycles. The van der Waals surface area contributed by atoms with Crippen molar-refractivity contribution >= 4 is 11.0 Å². The molecule has 0 bridgehead atoms. The first-order valence-electron chi connectivity index (χ1n) is 6.83. The lowest BCUT2D eigenvalue weighted by Crippen LogP contribution is -2.35. The Labute approximate surface area is 108 Å². The minimum Gasteiger partial charge on any atom is -0.458 e. The number of benzene rings is 1. The second kappa shape index (κ2) is 4.13. The Morgan fingerprint density at radius 3 is 2.89 bits per heavy atom. The van der Waals surface area contributed by atoms with Crippen molar-refractivity contribution in [1.82, 2.24) is 0 Å². The lowest BCUT2D eigenvalue weighted by Gasteiger charge is -2.36. The Bertz CT molecular complexity index is 569. The molecular weight excluding hydrogens is 224 g/mol. The molecule has 1 aliphatic rings. The van der Waals surface area contributed by atoms with Crippen molar-refractivity contribution in [3.8, 4) is 0 Å². The number of aryl methyl sites for hydroxylation is 1. The van der Waals surface area contributed by atoms with Crippen LogP contribution < -0.4 is 0 Å². The van der Waals surface area contributed by atoms with Crippen molar-refractivity contribution in [3.63, 3.8) is 0 Å². The first-order valence-corrected chi connectivity index (χ1v) is 6.83. The number of fused-ring (bicyclic) bond motifs is 1. The molecule has 0 spiro atoms. The fourth-order valence-corrected chi connectivity index (χ4v) is 3.07. The number of furan rings is 1. The number of hydrogen-bond donors (Lipinski definition) is 1. The quantitative estimate of drug-likeness (QED) is 0.818. The summed E-state index contributed by atoms with van der Waals surface area (Å²) in [5.41, 5.74) is 1.32. The van der Waals surface area contributed by atoms with Crippen molar-refractivity contribution in [2.45, 2.75) is 45.1 Å². The number of aliphatic hydroxyl groups is 1. The average Bonchev–Trinajstić information content (AvgIpc) is 2.76. The Kier molecular flexibility index (Phi) is 2.70. The van der Waals surface area contributed by atoms with Crippen LogP contribution in [0.3, 0.4) is 0 Å². The zero-order valence-electron chi connectivity index (χ0n) is 11.1. The molecule has 2 aromatic rings. The molecule has 3 rings (SSSR count). The molecule has 96 valence electrons. The Morgan fingerprint density at radius 2 is 2.11 bits per heavy atom. The van der Waals surface area contributed by atoms with Gasteiger partial charge in [-0.15, -0.1) is 0 Å². The summed E-state index contributed by atoms with van der Waals surface area (Å²) in [6, 6.07) is 8.16. The first-order chi connectivity index (χ1) is 8.59. The molecule has 2 unspecified atom stereocenters. The second-order valence-electron chi connectivity index (χ2n) is 5.72. The van der Waals surface area contributed by atoms with Crippen LogP contribution in [0.2, 0.25) is 0 Å². The van der Waals surface area contributed by atoms with Gasteiger partial charge in [-0.2, -0.15) is 0 Å². The third-order valence-electron chi connectivity index (χ3n) is 4.36. The van der Waals surface area contributed by atoms with Gasteiger partial charge in [0.05, 0.1) is 0 Å². The van der Waals surface area contributed by atoms with Crippen molar-refractivity contribution in [2.75, 3.05) is 0 Å². The monoisotopic (exact) mass is 244 g/mol. The van der Waals surface area contributed by atoms with E-state index < -0.39 is 5.60 Å². The molecule has 1 fully saturated rings. The fraction of sp³-hybridized carbons (Fsp3) is 0.500. The van der Waals surface area contributed by atoms with Gasteiger partial charge < -0.3 is 9.52 Å². The van der Waals surface area contributed by atoms with Crippen LogP contribution in [-0.4, -0.2) is 5.11 Å². The summed E-state index contributed by atoms with van der Waals surface area (Å²) >= 11 is 0. The van der Waals surface area contributed by atoms with Crippen molar-refractivity contribution in [1.29, 1.82) is 0 Å². The smallest absolute Gasteiger partial charge is 0.137 e. The molecule has 0 amide bonds. The van der Waals surface area contributed by atoms with E-state index >= 15 is 0 Å². The van der Waals surface area contributed by atoms with Crippen LogP contribution in [0.1, 0.15) is 43.9 Å². The Hall–Kier alpha value is -1.28. The van der Waals surface area contributed by atoms with E-state index in [2.05, 4.69) is 19.9 Å². The minimum absolute atomic E-state index is 0.271. The van der Waals surface area contributed by atoms with Crippen molar-refractivity contribution < 1.29 is 9.52 Å². The maximum Gasteiger partial charge on any atom is 0.137 e. The molecular formula is C16H20O2. The van der Waals surface area contributed by atoms with E-state index in [0.717, 1.165) is 36.0 Å². The highest BCUT2D eigenvalue weighted by Crippen LogP contribution is 2.43. The lowest BCUT2D eigenvalue weighted by atomic mass is 9.75. The van der Waals surface area contributed by atoms with Gasteiger partial charge in [0.1, 0.15) is 16.9 Å². The predicted octanol–water partition coefficient (Wildman–Crippen LogP) is 4.14. The maximum absolute atomic E-state index is 10.9. The summed E-state index contributed by atoms with van der Waals surface area (Å²) in [6.07, 6.45) is 4.18. The van der Waals surface area contributed by atoms with Crippen LogP contribution in [0, 0.1) is 12.8 Å². The van der Waals surface area contributed by atoms with E-state index in [9.17, 15) is 5.11 Å². The van der Waals surface area contributed by atoms with Gasteiger partial charge in [0.25, 0.3) is 0 Å². The molecule has 2 heteroatoms. The van der Waals surface area contributed by atoms with Gasteiger partial charge in [0.2, 0.25) is 0 Å². The highest BCUT2D eigenvalue weighted by atomic mass is 16.4. The summed E-state index contributed by atoms with van der Waals surface area (Å²) in [5, 5.41) is 12.0. The SMILES string of the molecule is Cc1ccc2oc(C3(O)CCCCC3C)cc2c1. The third-order valence-corrected chi connectivity index (χ3v) is 4.36. The van der Waals surface area contributed by atoms with Crippen LogP contribution in [0.25, 0.3) is 11.0 Å². The molecule has 0 radical (unpaired) electrons. The van der Waals surface area contributed by atoms with E-state index in [4.69, 9.17) is 4.42 Å². The van der Waals surface area contributed by atoms with E-state index in [0.29, 0.717) is 0 Å². The highest BCUT2D eigenvalue weighted by molar-refractivity contribution is 5.78. The van der Waals surface area contributed by atoms with Crippen LogP contribution in [0.5, 0.6) is 0 Å². The predicted molar refractivity (Wildman–Crippen MR) is 72.5 cm³/mol. The number of rotatable bonds is 1. The summed E-state index contributed by atoms with van der Waals surface area (Å²) in [6.45, 7) is 4.20. The topological polar surface area (TPSA) is 33.4 Å². The summed E-state index contributed by atoms with van der Waals surface area (Å²) in [4.78, 5) is 0. The Morgan fingerprint density at radius 1 is 1.28 bits per heavy atom. The average molecular weight is 244 g/mol. The van der Waals surface area contributed by atoms with E-state index in [1.54, 1.807) is 0 Å². The molecule has 0 aliphatic heterocycles. The van der Waals surface area contributed by atoms with Crippen LogP contribution in [-0.2, 0) is 5.60 Å². The maximum atomic E-state index is 10.9. The van der Waals surface area contributed by atoms with Crippen LogP contribution in [0.4, 0.5) is 0 Å². The van der Waals surface area contributed by atoms with Crippen molar-refractivity contribution in [3.05, 3.63) is 35.6 Å². The van der Waals surface area contributed by atoms with Gasteiger partial charge in [-0.3, -0.25) is 0 Å². The summed E-state index contributed by atoms with van der Waals surface area (Å²) in [5.74, 6) is 1.02. The first kappa shape index (κ1) is 11.8. The molecule has 1 aliphatic carbocycles. The highest BCUT2D eigenvalue weighted by Gasteiger charge is 2.40. The third kappa shape index (κ3) is 1.76. The minimum atomic E-state index is -0.773. The van der Waals surface area contributed by atoms with E-state index in [1.807, 2.05) is 18.2 Å². The lowest BCUT2D eigenvalue weighted by molar-refractivity contribution is -0.0626. The standard InChI is InChI=1S/C16H20O2/c1-11-6-7-14-13(9-11)10-15(18-14)16(17)8-4-3-5-12(16)2/h6-7,9-10,12,17H,3-5,8H2,1-2H3. The van der Waals surface area contributed by atoms with Gasteiger partial charge in [-0.1, -0.05) is 31.4 Å². The van der Waals surface area contributed by atoms with Crippen LogP contribution >= 0.6 is 0 Å².